The third-order valence-corrected chi connectivity index (χ3v) is 1.88. The van der Waals surface area contributed by atoms with Gasteiger partial charge in [0.2, 0.25) is 0 Å². The van der Waals surface area contributed by atoms with Crippen LogP contribution in [0.4, 0.5) is 10.1 Å². The smallest absolute Gasteiger partial charge is 0.308 e. The summed E-state index contributed by atoms with van der Waals surface area (Å²) < 4.78 is 12.5. The van der Waals surface area contributed by atoms with E-state index in [9.17, 15) is 9.18 Å². The monoisotopic (exact) mass is 197 g/mol. The molecule has 0 aliphatic carbocycles. The lowest BCUT2D eigenvalue weighted by molar-refractivity contribution is -0.140. The van der Waals surface area contributed by atoms with E-state index in [0.29, 0.717) is 6.54 Å². The summed E-state index contributed by atoms with van der Waals surface area (Å²) in [5.74, 6) is -1.61. The van der Waals surface area contributed by atoms with Gasteiger partial charge in [-0.15, -0.1) is 0 Å². The molecule has 76 valence electrons. The number of carboxylic acid groups (broad SMARTS) is 1. The van der Waals surface area contributed by atoms with Gasteiger partial charge in [-0.05, 0) is 24.3 Å². The van der Waals surface area contributed by atoms with Crippen molar-refractivity contribution in [3.8, 4) is 0 Å². The van der Waals surface area contributed by atoms with E-state index < -0.39 is 11.9 Å². The third kappa shape index (κ3) is 3.05. The van der Waals surface area contributed by atoms with Crippen molar-refractivity contribution >= 4 is 11.7 Å². The molecule has 0 aromatic heterocycles. The Morgan fingerprint density at radius 1 is 1.50 bits per heavy atom. The highest BCUT2D eigenvalue weighted by Crippen LogP contribution is 2.08. The second kappa shape index (κ2) is 4.60. The largest absolute Gasteiger partial charge is 0.481 e. The molecule has 3 nitrogen and oxygen atoms in total. The standard InChI is InChI=1S/C10H12FNO2/c1-7(10(13)14)6-12-9-4-2-8(11)3-5-9/h2-5,7,12H,6H2,1H3,(H,13,14). The van der Waals surface area contributed by atoms with Crippen molar-refractivity contribution in [3.63, 3.8) is 0 Å². The number of rotatable bonds is 4. The summed E-state index contributed by atoms with van der Waals surface area (Å²) >= 11 is 0. The number of aliphatic carboxylic acids is 1. The number of hydrogen-bond acceptors (Lipinski definition) is 2. The summed E-state index contributed by atoms with van der Waals surface area (Å²) in [5.41, 5.74) is 0.722. The fourth-order valence-corrected chi connectivity index (χ4v) is 0.926. The quantitative estimate of drug-likeness (QED) is 0.775. The molecule has 0 saturated carbocycles. The van der Waals surface area contributed by atoms with E-state index in [1.54, 1.807) is 19.1 Å². The first-order chi connectivity index (χ1) is 6.59. The lowest BCUT2D eigenvalue weighted by atomic mass is 10.2. The molecule has 0 bridgehead atoms. The van der Waals surface area contributed by atoms with Gasteiger partial charge >= 0.3 is 5.97 Å². The van der Waals surface area contributed by atoms with E-state index in [-0.39, 0.29) is 5.82 Å². The molecule has 4 heteroatoms. The van der Waals surface area contributed by atoms with Gasteiger partial charge in [0.05, 0.1) is 5.92 Å². The van der Waals surface area contributed by atoms with Crippen LogP contribution < -0.4 is 5.32 Å². The van der Waals surface area contributed by atoms with Crippen molar-refractivity contribution < 1.29 is 14.3 Å². The van der Waals surface area contributed by atoms with Crippen LogP contribution in [0.2, 0.25) is 0 Å². The first-order valence-electron chi connectivity index (χ1n) is 4.32. The lowest BCUT2D eigenvalue weighted by Gasteiger charge is -2.09. The minimum atomic E-state index is -0.848. The van der Waals surface area contributed by atoms with Crippen LogP contribution >= 0.6 is 0 Å². The SMILES string of the molecule is CC(CNc1ccc(F)cc1)C(=O)O. The molecule has 1 aromatic carbocycles. The van der Waals surface area contributed by atoms with Gasteiger partial charge in [0.15, 0.2) is 0 Å². The summed E-state index contributed by atoms with van der Waals surface area (Å²) in [5, 5.41) is 11.5. The molecule has 0 aliphatic rings. The Morgan fingerprint density at radius 3 is 2.57 bits per heavy atom. The number of carbonyl (C=O) groups is 1. The lowest BCUT2D eigenvalue weighted by Crippen LogP contribution is -2.19. The molecule has 0 spiro atoms. The van der Waals surface area contributed by atoms with Crippen LogP contribution in [0.1, 0.15) is 6.92 Å². The van der Waals surface area contributed by atoms with Gasteiger partial charge in [-0.1, -0.05) is 6.92 Å². The van der Waals surface area contributed by atoms with E-state index >= 15 is 0 Å². The third-order valence-electron chi connectivity index (χ3n) is 1.88. The highest BCUT2D eigenvalue weighted by molar-refractivity contribution is 5.70. The minimum Gasteiger partial charge on any atom is -0.481 e. The fraction of sp³-hybridized carbons (Fsp3) is 0.300. The normalized spacial score (nSPS) is 12.1. The predicted molar refractivity (Wildman–Crippen MR) is 51.7 cm³/mol. The number of halogens is 1. The Hall–Kier alpha value is -1.58. The summed E-state index contributed by atoms with van der Waals surface area (Å²) in [6, 6.07) is 5.80. The average Bonchev–Trinajstić information content (AvgIpc) is 2.16. The zero-order valence-electron chi connectivity index (χ0n) is 7.83. The fourth-order valence-electron chi connectivity index (χ4n) is 0.926. The molecule has 1 aromatic rings. The molecule has 1 rings (SSSR count). The van der Waals surface area contributed by atoms with Crippen LogP contribution in [0.25, 0.3) is 0 Å². The molecule has 0 aliphatic heterocycles. The molecule has 1 atom stereocenters. The summed E-state index contributed by atoms with van der Waals surface area (Å²) in [6.07, 6.45) is 0. The first kappa shape index (κ1) is 10.5. The second-order valence-corrected chi connectivity index (χ2v) is 3.13. The van der Waals surface area contributed by atoms with Crippen molar-refractivity contribution in [1.82, 2.24) is 0 Å². The van der Waals surface area contributed by atoms with Crippen molar-refractivity contribution in [2.24, 2.45) is 5.92 Å². The molecule has 0 radical (unpaired) electrons. The molecular weight excluding hydrogens is 185 g/mol. The van der Waals surface area contributed by atoms with Gasteiger partial charge in [-0.25, -0.2) is 4.39 Å². The van der Waals surface area contributed by atoms with Gasteiger partial charge in [0.1, 0.15) is 5.82 Å². The van der Waals surface area contributed by atoms with Crippen LogP contribution in [0.3, 0.4) is 0 Å². The number of benzene rings is 1. The zero-order chi connectivity index (χ0) is 10.6. The van der Waals surface area contributed by atoms with Crippen molar-refractivity contribution in [1.29, 1.82) is 0 Å². The Kier molecular flexibility index (Phi) is 3.45. The van der Waals surface area contributed by atoms with E-state index in [0.717, 1.165) is 5.69 Å². The van der Waals surface area contributed by atoms with Crippen molar-refractivity contribution in [2.75, 3.05) is 11.9 Å². The molecule has 0 saturated heterocycles. The van der Waals surface area contributed by atoms with Crippen molar-refractivity contribution in [2.45, 2.75) is 6.92 Å². The van der Waals surface area contributed by atoms with Crippen LogP contribution in [0.5, 0.6) is 0 Å². The first-order valence-corrected chi connectivity index (χ1v) is 4.32. The Bertz CT molecular complexity index is 310. The second-order valence-electron chi connectivity index (χ2n) is 3.13. The Balaban J connectivity index is 2.46. The number of anilines is 1. The van der Waals surface area contributed by atoms with Crippen LogP contribution in [0.15, 0.2) is 24.3 Å². The number of nitrogens with one attached hydrogen (secondary N) is 1. The van der Waals surface area contributed by atoms with E-state index in [4.69, 9.17) is 5.11 Å². The minimum absolute atomic E-state index is 0.304. The van der Waals surface area contributed by atoms with E-state index in [1.165, 1.54) is 12.1 Å². The van der Waals surface area contributed by atoms with Gasteiger partial charge < -0.3 is 10.4 Å². The van der Waals surface area contributed by atoms with Gasteiger partial charge in [0.25, 0.3) is 0 Å². The van der Waals surface area contributed by atoms with Gasteiger partial charge in [-0.3, -0.25) is 4.79 Å². The van der Waals surface area contributed by atoms with Gasteiger partial charge in [-0.2, -0.15) is 0 Å². The highest BCUT2D eigenvalue weighted by atomic mass is 19.1. The molecule has 1 unspecified atom stereocenters. The summed E-state index contributed by atoms with van der Waals surface area (Å²) in [6.45, 7) is 1.94. The highest BCUT2D eigenvalue weighted by Gasteiger charge is 2.09. The summed E-state index contributed by atoms with van der Waals surface area (Å²) in [7, 11) is 0. The maximum Gasteiger partial charge on any atom is 0.308 e. The molecule has 14 heavy (non-hydrogen) atoms. The summed E-state index contributed by atoms with van der Waals surface area (Å²) in [4.78, 5) is 10.5. The maximum atomic E-state index is 12.5. The Morgan fingerprint density at radius 2 is 2.07 bits per heavy atom. The molecule has 2 N–H and O–H groups in total. The zero-order valence-corrected chi connectivity index (χ0v) is 7.83. The maximum absolute atomic E-state index is 12.5. The van der Waals surface area contributed by atoms with Crippen molar-refractivity contribution in [3.05, 3.63) is 30.1 Å². The van der Waals surface area contributed by atoms with Crippen LogP contribution in [-0.2, 0) is 4.79 Å². The van der Waals surface area contributed by atoms with E-state index in [2.05, 4.69) is 5.32 Å². The molecular formula is C10H12FNO2. The van der Waals surface area contributed by atoms with E-state index in [1.807, 2.05) is 0 Å². The molecule has 0 heterocycles. The van der Waals surface area contributed by atoms with Crippen LogP contribution in [-0.4, -0.2) is 17.6 Å². The van der Waals surface area contributed by atoms with Crippen LogP contribution in [0, 0.1) is 11.7 Å². The Labute approximate surface area is 81.6 Å². The predicted octanol–water partition coefficient (Wildman–Crippen LogP) is 1.96. The molecule has 0 amide bonds. The average molecular weight is 197 g/mol. The number of hydrogen-bond donors (Lipinski definition) is 2. The number of carboxylic acids is 1. The van der Waals surface area contributed by atoms with Gasteiger partial charge in [0, 0.05) is 12.2 Å². The molecule has 0 fully saturated rings. The topological polar surface area (TPSA) is 49.3 Å².